The number of benzene rings is 2. The molecule has 2 aromatic carbocycles. The standard InChI is InChI=1S/C22H19NO7/c24-21(23-15-6-8-18-20(12-15)27-11-10-26-18)14-29-22(25)19-9-7-17(30-19)13-28-16-4-2-1-3-5-16/h1-9,12H,10-11,13-14H2,(H,23,24). The van der Waals surface area contributed by atoms with Crippen molar-refractivity contribution in [1.29, 1.82) is 0 Å². The minimum atomic E-state index is -0.738. The van der Waals surface area contributed by atoms with Crippen LogP contribution in [0.4, 0.5) is 5.69 Å². The molecule has 0 unspecified atom stereocenters. The van der Waals surface area contributed by atoms with Crippen LogP contribution in [0.25, 0.3) is 0 Å². The highest BCUT2D eigenvalue weighted by molar-refractivity contribution is 5.94. The molecule has 30 heavy (non-hydrogen) atoms. The molecule has 1 aliphatic heterocycles. The summed E-state index contributed by atoms with van der Waals surface area (Å²) in [6, 6.07) is 17.4. The lowest BCUT2D eigenvalue weighted by Gasteiger charge is -2.18. The zero-order valence-corrected chi connectivity index (χ0v) is 16.0. The number of hydrogen-bond acceptors (Lipinski definition) is 7. The van der Waals surface area contributed by atoms with Gasteiger partial charge in [-0.2, -0.15) is 0 Å². The quantitative estimate of drug-likeness (QED) is 0.597. The van der Waals surface area contributed by atoms with Crippen LogP contribution in [0.3, 0.4) is 0 Å². The Hall–Kier alpha value is -3.94. The molecule has 0 fully saturated rings. The first-order valence-electron chi connectivity index (χ1n) is 9.30. The fourth-order valence-electron chi connectivity index (χ4n) is 2.76. The van der Waals surface area contributed by atoms with Gasteiger partial charge in [0.25, 0.3) is 5.91 Å². The van der Waals surface area contributed by atoms with Gasteiger partial charge in [0.1, 0.15) is 31.3 Å². The van der Waals surface area contributed by atoms with Crippen molar-refractivity contribution in [3.63, 3.8) is 0 Å². The third-order valence-electron chi connectivity index (χ3n) is 4.15. The summed E-state index contributed by atoms with van der Waals surface area (Å²) in [6.45, 7) is 0.650. The van der Waals surface area contributed by atoms with Gasteiger partial charge < -0.3 is 28.7 Å². The highest BCUT2D eigenvalue weighted by Gasteiger charge is 2.16. The Morgan fingerprint density at radius 3 is 2.57 bits per heavy atom. The third kappa shape index (κ3) is 4.91. The number of amides is 1. The molecule has 0 spiro atoms. The number of hydrogen-bond donors (Lipinski definition) is 1. The Balaban J connectivity index is 1.25. The summed E-state index contributed by atoms with van der Waals surface area (Å²) in [7, 11) is 0. The first-order chi connectivity index (χ1) is 14.7. The van der Waals surface area contributed by atoms with Crippen LogP contribution in [0.2, 0.25) is 0 Å². The molecule has 0 saturated heterocycles. The second-order valence-corrected chi connectivity index (χ2v) is 6.35. The minimum Gasteiger partial charge on any atom is -0.486 e. The molecule has 0 saturated carbocycles. The van der Waals surface area contributed by atoms with Crippen molar-refractivity contribution in [3.8, 4) is 17.2 Å². The van der Waals surface area contributed by atoms with E-state index in [2.05, 4.69) is 5.32 Å². The van der Waals surface area contributed by atoms with Gasteiger partial charge in [0.2, 0.25) is 5.76 Å². The van der Waals surface area contributed by atoms with Crippen LogP contribution in [-0.2, 0) is 16.1 Å². The Kier molecular flexibility index (Phi) is 5.84. The molecule has 8 heteroatoms. The van der Waals surface area contributed by atoms with Crippen molar-refractivity contribution in [2.45, 2.75) is 6.61 Å². The van der Waals surface area contributed by atoms with Crippen molar-refractivity contribution in [3.05, 3.63) is 72.2 Å². The predicted octanol–water partition coefficient (Wildman–Crippen LogP) is 3.43. The number of rotatable bonds is 7. The fraction of sp³-hybridized carbons (Fsp3) is 0.182. The van der Waals surface area contributed by atoms with Crippen molar-refractivity contribution < 1.29 is 33.0 Å². The summed E-state index contributed by atoms with van der Waals surface area (Å²) in [5.41, 5.74) is 0.513. The Morgan fingerprint density at radius 1 is 0.933 bits per heavy atom. The lowest BCUT2D eigenvalue weighted by Crippen LogP contribution is -2.21. The van der Waals surface area contributed by atoms with Gasteiger partial charge in [-0.05, 0) is 36.4 Å². The van der Waals surface area contributed by atoms with Gasteiger partial charge >= 0.3 is 5.97 Å². The molecule has 0 aliphatic carbocycles. The molecule has 1 amide bonds. The van der Waals surface area contributed by atoms with Crippen LogP contribution < -0.4 is 19.5 Å². The van der Waals surface area contributed by atoms with Gasteiger partial charge in [-0.1, -0.05) is 18.2 Å². The maximum atomic E-state index is 12.1. The maximum Gasteiger partial charge on any atom is 0.374 e. The van der Waals surface area contributed by atoms with Crippen LogP contribution in [0.15, 0.2) is 65.1 Å². The highest BCUT2D eigenvalue weighted by atomic mass is 16.6. The summed E-state index contributed by atoms with van der Waals surface area (Å²) < 4.78 is 26.9. The summed E-state index contributed by atoms with van der Waals surface area (Å²) in [5.74, 6) is 1.10. The molecule has 4 rings (SSSR count). The van der Waals surface area contributed by atoms with E-state index in [0.29, 0.717) is 41.9 Å². The van der Waals surface area contributed by atoms with Crippen LogP contribution in [0, 0.1) is 0 Å². The van der Waals surface area contributed by atoms with E-state index in [1.807, 2.05) is 30.3 Å². The van der Waals surface area contributed by atoms with Gasteiger partial charge in [0, 0.05) is 11.8 Å². The van der Waals surface area contributed by atoms with E-state index in [4.69, 9.17) is 23.4 Å². The zero-order chi connectivity index (χ0) is 20.8. The Labute approximate surface area is 172 Å². The molecule has 8 nitrogen and oxygen atoms in total. The summed E-state index contributed by atoms with van der Waals surface area (Å²) in [5, 5.41) is 2.64. The van der Waals surface area contributed by atoms with E-state index in [9.17, 15) is 9.59 Å². The zero-order valence-electron chi connectivity index (χ0n) is 16.0. The van der Waals surface area contributed by atoms with E-state index < -0.39 is 18.5 Å². The lowest BCUT2D eigenvalue weighted by atomic mass is 10.2. The largest absolute Gasteiger partial charge is 0.486 e. The molecule has 1 aromatic heterocycles. The molecule has 0 radical (unpaired) electrons. The van der Waals surface area contributed by atoms with Gasteiger partial charge in [-0.15, -0.1) is 0 Å². The number of para-hydroxylation sites is 1. The predicted molar refractivity (Wildman–Crippen MR) is 106 cm³/mol. The van der Waals surface area contributed by atoms with E-state index in [1.54, 1.807) is 24.3 Å². The fourth-order valence-corrected chi connectivity index (χ4v) is 2.76. The lowest BCUT2D eigenvalue weighted by molar-refractivity contribution is -0.119. The maximum absolute atomic E-state index is 12.1. The number of carbonyl (C=O) groups is 2. The number of anilines is 1. The first-order valence-corrected chi connectivity index (χ1v) is 9.30. The third-order valence-corrected chi connectivity index (χ3v) is 4.15. The van der Waals surface area contributed by atoms with Gasteiger partial charge in [0.05, 0.1) is 0 Å². The highest BCUT2D eigenvalue weighted by Crippen LogP contribution is 2.32. The van der Waals surface area contributed by atoms with Gasteiger partial charge in [0.15, 0.2) is 18.1 Å². The molecule has 0 bridgehead atoms. The summed E-state index contributed by atoms with van der Waals surface area (Å²) >= 11 is 0. The van der Waals surface area contributed by atoms with Crippen molar-refractivity contribution in [1.82, 2.24) is 0 Å². The molecule has 0 atom stereocenters. The number of furan rings is 1. The normalized spacial score (nSPS) is 12.1. The first kappa shape index (κ1) is 19.4. The molecule has 2 heterocycles. The van der Waals surface area contributed by atoms with Crippen molar-refractivity contribution >= 4 is 17.6 Å². The second kappa shape index (κ2) is 9.04. The topological polar surface area (TPSA) is 96.2 Å². The number of nitrogens with one attached hydrogen (secondary N) is 1. The van der Waals surface area contributed by atoms with Crippen LogP contribution in [0.1, 0.15) is 16.3 Å². The van der Waals surface area contributed by atoms with E-state index in [1.165, 1.54) is 6.07 Å². The average molecular weight is 409 g/mol. The molecule has 1 N–H and O–H groups in total. The van der Waals surface area contributed by atoms with E-state index >= 15 is 0 Å². The van der Waals surface area contributed by atoms with Crippen molar-refractivity contribution in [2.75, 3.05) is 25.1 Å². The van der Waals surface area contributed by atoms with Crippen molar-refractivity contribution in [2.24, 2.45) is 0 Å². The Morgan fingerprint density at radius 2 is 1.73 bits per heavy atom. The monoisotopic (exact) mass is 409 g/mol. The van der Waals surface area contributed by atoms with E-state index in [0.717, 1.165) is 0 Å². The van der Waals surface area contributed by atoms with Crippen LogP contribution >= 0.6 is 0 Å². The molecule has 3 aromatic rings. The number of carbonyl (C=O) groups excluding carboxylic acids is 2. The molecule has 154 valence electrons. The SMILES string of the molecule is O=C(COC(=O)c1ccc(COc2ccccc2)o1)Nc1ccc2c(c1)OCCO2. The molecular weight excluding hydrogens is 390 g/mol. The number of fused-ring (bicyclic) bond motifs is 1. The summed E-state index contributed by atoms with van der Waals surface area (Å²) in [4.78, 5) is 24.2. The second-order valence-electron chi connectivity index (χ2n) is 6.35. The number of esters is 1. The van der Waals surface area contributed by atoms with Crippen LogP contribution in [-0.4, -0.2) is 31.7 Å². The summed E-state index contributed by atoms with van der Waals surface area (Å²) in [6.07, 6.45) is 0. The van der Waals surface area contributed by atoms with Crippen LogP contribution in [0.5, 0.6) is 17.2 Å². The van der Waals surface area contributed by atoms with Gasteiger partial charge in [-0.3, -0.25) is 4.79 Å². The Bertz CT molecular complexity index is 1030. The minimum absolute atomic E-state index is 0.00575. The van der Waals surface area contributed by atoms with Gasteiger partial charge in [-0.25, -0.2) is 4.79 Å². The molecule has 1 aliphatic rings. The number of ether oxygens (including phenoxy) is 4. The van der Waals surface area contributed by atoms with E-state index in [-0.39, 0.29) is 12.4 Å². The smallest absolute Gasteiger partial charge is 0.374 e. The molecular formula is C22H19NO7. The average Bonchev–Trinajstić information content (AvgIpc) is 3.26.